The lowest BCUT2D eigenvalue weighted by molar-refractivity contribution is 0.590. The van der Waals surface area contributed by atoms with E-state index >= 15 is 0 Å². The van der Waals surface area contributed by atoms with Crippen LogP contribution in [-0.2, 0) is 5.88 Å². The van der Waals surface area contributed by atoms with Crippen LogP contribution in [0.2, 0.25) is 0 Å². The Hall–Kier alpha value is -1.46. The topological polar surface area (TPSA) is 17.8 Å². The summed E-state index contributed by atoms with van der Waals surface area (Å²) in [4.78, 5) is 4.19. The van der Waals surface area contributed by atoms with Crippen molar-refractivity contribution in [1.29, 1.82) is 0 Å². The van der Waals surface area contributed by atoms with Crippen LogP contribution in [0.15, 0.2) is 34.8 Å². The van der Waals surface area contributed by atoms with E-state index in [1.807, 2.05) is 25.1 Å². The average molecular weight is 372 g/mol. The molecule has 21 heavy (non-hydrogen) atoms. The van der Waals surface area contributed by atoms with Gasteiger partial charge in [0, 0.05) is 16.6 Å². The zero-order valence-corrected chi connectivity index (χ0v) is 13.3. The minimum Gasteiger partial charge on any atom is -0.295 e. The average Bonchev–Trinajstić information content (AvgIpc) is 2.80. The summed E-state index contributed by atoms with van der Waals surface area (Å²) in [7, 11) is 0. The first kappa shape index (κ1) is 14.5. The fourth-order valence-corrected chi connectivity index (χ4v) is 2.86. The summed E-state index contributed by atoms with van der Waals surface area (Å²) in [5.74, 6) is -0.767. The molecule has 0 bridgehead atoms. The minimum absolute atomic E-state index is 0.0989. The predicted molar refractivity (Wildman–Crippen MR) is 83.0 cm³/mol. The first-order valence-electron chi connectivity index (χ1n) is 6.20. The Morgan fingerprint density at radius 3 is 2.71 bits per heavy atom. The van der Waals surface area contributed by atoms with E-state index in [1.165, 1.54) is 6.07 Å². The van der Waals surface area contributed by atoms with Crippen LogP contribution in [0.4, 0.5) is 8.78 Å². The fourth-order valence-electron chi connectivity index (χ4n) is 2.33. The molecule has 0 spiro atoms. The van der Waals surface area contributed by atoms with Gasteiger partial charge < -0.3 is 0 Å². The number of aromatic nitrogens is 2. The molecular formula is C15H10BrClF2N2. The van der Waals surface area contributed by atoms with E-state index in [0.717, 1.165) is 21.8 Å². The third-order valence-electron chi connectivity index (χ3n) is 3.28. The number of benzene rings is 2. The zero-order valence-electron chi connectivity index (χ0n) is 11.0. The Morgan fingerprint density at radius 1 is 1.24 bits per heavy atom. The van der Waals surface area contributed by atoms with Crippen molar-refractivity contribution in [3.05, 3.63) is 57.8 Å². The molecule has 6 heteroatoms. The molecule has 1 aromatic heterocycles. The molecule has 0 radical (unpaired) electrons. The van der Waals surface area contributed by atoms with Crippen LogP contribution in [0.3, 0.4) is 0 Å². The highest BCUT2D eigenvalue weighted by molar-refractivity contribution is 9.10. The van der Waals surface area contributed by atoms with Gasteiger partial charge in [-0.3, -0.25) is 4.57 Å². The van der Waals surface area contributed by atoms with Crippen LogP contribution >= 0.6 is 27.5 Å². The van der Waals surface area contributed by atoms with Gasteiger partial charge in [0.05, 0.1) is 17.1 Å². The Balaban J connectivity index is 2.43. The van der Waals surface area contributed by atoms with Gasteiger partial charge in [-0.25, -0.2) is 13.8 Å². The van der Waals surface area contributed by atoms with Gasteiger partial charge in [0.25, 0.3) is 0 Å². The molecule has 0 amide bonds. The number of hydrogen-bond donors (Lipinski definition) is 0. The Labute approximate surface area is 133 Å². The molecule has 3 aromatic rings. The van der Waals surface area contributed by atoms with Crippen molar-refractivity contribution in [2.75, 3.05) is 0 Å². The molecule has 0 N–H and O–H groups in total. The van der Waals surface area contributed by atoms with E-state index in [-0.39, 0.29) is 11.4 Å². The Bertz CT molecular complexity index is 845. The molecular weight excluding hydrogens is 362 g/mol. The summed E-state index contributed by atoms with van der Waals surface area (Å²) in [6.45, 7) is 1.92. The summed E-state index contributed by atoms with van der Waals surface area (Å²) in [6, 6.07) is 7.78. The van der Waals surface area contributed by atoms with Crippen LogP contribution in [0.25, 0.3) is 16.7 Å². The van der Waals surface area contributed by atoms with E-state index in [2.05, 4.69) is 20.9 Å². The second-order valence-electron chi connectivity index (χ2n) is 4.68. The van der Waals surface area contributed by atoms with Crippen molar-refractivity contribution in [3.8, 4) is 5.69 Å². The van der Waals surface area contributed by atoms with Crippen LogP contribution in [-0.4, -0.2) is 9.55 Å². The number of halogens is 4. The molecule has 0 aliphatic rings. The second kappa shape index (κ2) is 5.39. The maximum atomic E-state index is 13.9. The lowest BCUT2D eigenvalue weighted by atomic mass is 10.2. The second-order valence-corrected chi connectivity index (χ2v) is 5.87. The normalized spacial score (nSPS) is 11.3. The number of imidazole rings is 1. The number of aryl methyl sites for hydroxylation is 1. The number of hydrogen-bond acceptors (Lipinski definition) is 1. The van der Waals surface area contributed by atoms with E-state index in [4.69, 9.17) is 11.6 Å². The largest absolute Gasteiger partial charge is 0.295 e. The molecule has 0 aliphatic carbocycles. The van der Waals surface area contributed by atoms with Gasteiger partial charge >= 0.3 is 0 Å². The smallest absolute Gasteiger partial charge is 0.153 e. The van der Waals surface area contributed by atoms with Gasteiger partial charge in [-0.05, 0) is 24.6 Å². The first-order valence-corrected chi connectivity index (χ1v) is 7.53. The van der Waals surface area contributed by atoms with Crippen molar-refractivity contribution in [1.82, 2.24) is 9.55 Å². The number of nitrogens with zero attached hydrogens (tertiary/aromatic N) is 2. The van der Waals surface area contributed by atoms with Crippen molar-refractivity contribution in [2.45, 2.75) is 12.8 Å². The predicted octanol–water partition coefficient (Wildman–Crippen LogP) is 5.11. The Kier molecular flexibility index (Phi) is 3.71. The quantitative estimate of drug-likeness (QED) is 0.572. The molecule has 0 fully saturated rings. The van der Waals surface area contributed by atoms with Gasteiger partial charge in [-0.2, -0.15) is 0 Å². The lowest BCUT2D eigenvalue weighted by Crippen LogP contribution is -2.01. The van der Waals surface area contributed by atoms with Gasteiger partial charge in [-0.1, -0.05) is 22.0 Å². The number of rotatable bonds is 2. The molecule has 108 valence electrons. The number of fused-ring (bicyclic) bond motifs is 1. The highest BCUT2D eigenvalue weighted by Gasteiger charge is 2.17. The SMILES string of the molecule is Cc1ccc(Br)cc1-n1c(CCl)nc2c(F)cc(F)cc21. The highest BCUT2D eigenvalue weighted by atomic mass is 79.9. The summed E-state index contributed by atoms with van der Waals surface area (Å²) < 4.78 is 30.0. The summed E-state index contributed by atoms with van der Waals surface area (Å²) in [5, 5.41) is 0. The third kappa shape index (κ3) is 2.45. The van der Waals surface area contributed by atoms with Crippen molar-refractivity contribution in [3.63, 3.8) is 0 Å². The van der Waals surface area contributed by atoms with Crippen molar-refractivity contribution >= 4 is 38.6 Å². The maximum absolute atomic E-state index is 13.9. The van der Waals surface area contributed by atoms with Crippen LogP contribution < -0.4 is 0 Å². The molecule has 1 heterocycles. The molecule has 0 atom stereocenters. The highest BCUT2D eigenvalue weighted by Crippen LogP contribution is 2.28. The van der Waals surface area contributed by atoms with Crippen LogP contribution in [0, 0.1) is 18.6 Å². The molecule has 0 saturated carbocycles. The van der Waals surface area contributed by atoms with Crippen LogP contribution in [0.5, 0.6) is 0 Å². The van der Waals surface area contributed by atoms with Crippen molar-refractivity contribution < 1.29 is 8.78 Å². The standard InChI is InChI=1S/C15H10BrClF2N2/c1-8-2-3-9(16)4-12(8)21-13-6-10(18)5-11(19)15(13)20-14(21)7-17/h2-6H,7H2,1H3. The summed E-state index contributed by atoms with van der Waals surface area (Å²) >= 11 is 9.33. The van der Waals surface area contributed by atoms with E-state index in [1.54, 1.807) is 4.57 Å². The van der Waals surface area contributed by atoms with Gasteiger partial charge in [0.15, 0.2) is 5.82 Å². The van der Waals surface area contributed by atoms with E-state index < -0.39 is 11.6 Å². The molecule has 2 nitrogen and oxygen atoms in total. The minimum atomic E-state index is -0.692. The van der Waals surface area contributed by atoms with Gasteiger partial charge in [0.1, 0.15) is 17.2 Å². The summed E-state index contributed by atoms with van der Waals surface area (Å²) in [5.41, 5.74) is 2.22. The molecule has 0 aliphatic heterocycles. The number of alkyl halides is 1. The van der Waals surface area contributed by atoms with E-state index in [0.29, 0.717) is 11.3 Å². The van der Waals surface area contributed by atoms with Gasteiger partial charge in [-0.15, -0.1) is 11.6 Å². The maximum Gasteiger partial charge on any atom is 0.153 e. The zero-order chi connectivity index (χ0) is 15.1. The van der Waals surface area contributed by atoms with Crippen molar-refractivity contribution in [2.24, 2.45) is 0 Å². The molecule has 2 aromatic carbocycles. The molecule has 3 rings (SSSR count). The van der Waals surface area contributed by atoms with E-state index in [9.17, 15) is 8.78 Å². The molecule has 0 saturated heterocycles. The first-order chi connectivity index (χ1) is 10.0. The monoisotopic (exact) mass is 370 g/mol. The van der Waals surface area contributed by atoms with Crippen LogP contribution in [0.1, 0.15) is 11.4 Å². The Morgan fingerprint density at radius 2 is 2.00 bits per heavy atom. The lowest BCUT2D eigenvalue weighted by Gasteiger charge is -2.11. The summed E-state index contributed by atoms with van der Waals surface area (Å²) in [6.07, 6.45) is 0. The fraction of sp³-hybridized carbons (Fsp3) is 0.133. The van der Waals surface area contributed by atoms with Gasteiger partial charge in [0.2, 0.25) is 0 Å². The molecule has 0 unspecified atom stereocenters. The third-order valence-corrected chi connectivity index (χ3v) is 4.01.